The Morgan fingerprint density at radius 2 is 1.95 bits per heavy atom. The third kappa shape index (κ3) is 8.55. The number of aliphatic hydroxyl groups excluding tert-OH is 1. The Labute approximate surface area is 233 Å². The summed E-state index contributed by atoms with van der Waals surface area (Å²) in [5, 5.41) is 16.3. The maximum absolute atomic E-state index is 13.9. The molecule has 0 aliphatic carbocycles. The first-order chi connectivity index (χ1) is 19.1. The van der Waals surface area contributed by atoms with Gasteiger partial charge in [0, 0.05) is 31.6 Å². The van der Waals surface area contributed by atoms with E-state index in [1.54, 1.807) is 12.1 Å². The SMILES string of the molecule is CC(=O)N(NCc1cccc(F)c1Cl)[C@@H](CCNC(=O)C(N)CO)COC(=O)Nc1cc2cc(F)ccc2cn1. The van der Waals surface area contributed by atoms with Gasteiger partial charge in [-0.2, -0.15) is 0 Å². The number of hydrogen-bond donors (Lipinski definition) is 5. The number of halogens is 3. The molecule has 0 bridgehead atoms. The molecule has 3 amide bonds. The summed E-state index contributed by atoms with van der Waals surface area (Å²) in [6.07, 6.45) is 0.677. The number of carbonyl (C=O) groups excluding carboxylic acids is 3. The first-order valence-electron chi connectivity index (χ1n) is 12.2. The molecule has 0 saturated heterocycles. The molecule has 0 fully saturated rings. The fraction of sp³-hybridized carbons (Fsp3) is 0.308. The number of carbonyl (C=O) groups is 3. The van der Waals surface area contributed by atoms with Gasteiger partial charge in [0.15, 0.2) is 0 Å². The number of benzene rings is 2. The van der Waals surface area contributed by atoms with Crippen molar-refractivity contribution in [3.63, 3.8) is 0 Å². The third-order valence-corrected chi connectivity index (χ3v) is 6.23. The molecule has 1 aromatic heterocycles. The molecular formula is C26H29ClF2N6O5. The van der Waals surface area contributed by atoms with Crippen LogP contribution < -0.4 is 21.8 Å². The maximum Gasteiger partial charge on any atom is 0.412 e. The van der Waals surface area contributed by atoms with Crippen LogP contribution in [0.4, 0.5) is 19.4 Å². The number of anilines is 1. The predicted molar refractivity (Wildman–Crippen MR) is 144 cm³/mol. The number of rotatable bonds is 12. The predicted octanol–water partition coefficient (Wildman–Crippen LogP) is 2.46. The second-order valence-corrected chi connectivity index (χ2v) is 9.12. The Kier molecular flexibility index (Phi) is 11.1. The second-order valence-electron chi connectivity index (χ2n) is 8.74. The summed E-state index contributed by atoms with van der Waals surface area (Å²) in [4.78, 5) is 41.1. The fourth-order valence-corrected chi connectivity index (χ4v) is 3.90. The lowest BCUT2D eigenvalue weighted by atomic mass is 10.2. The maximum atomic E-state index is 13.9. The van der Waals surface area contributed by atoms with Gasteiger partial charge in [-0.05, 0) is 47.7 Å². The van der Waals surface area contributed by atoms with Gasteiger partial charge in [0.1, 0.15) is 30.1 Å². The number of pyridine rings is 1. The average molecular weight is 579 g/mol. The molecule has 14 heteroatoms. The quantitative estimate of drug-likeness (QED) is 0.205. The summed E-state index contributed by atoms with van der Waals surface area (Å²) in [6, 6.07) is 7.93. The summed E-state index contributed by atoms with van der Waals surface area (Å²) in [5.74, 6) is -2.02. The molecule has 0 radical (unpaired) electrons. The van der Waals surface area contributed by atoms with Gasteiger partial charge in [-0.1, -0.05) is 23.7 Å². The van der Waals surface area contributed by atoms with Gasteiger partial charge in [-0.15, -0.1) is 0 Å². The van der Waals surface area contributed by atoms with Crippen molar-refractivity contribution in [2.75, 3.05) is 25.1 Å². The van der Waals surface area contributed by atoms with E-state index in [-0.39, 0.29) is 37.0 Å². The van der Waals surface area contributed by atoms with Crippen LogP contribution in [0.25, 0.3) is 10.8 Å². The molecule has 1 unspecified atom stereocenters. The Bertz CT molecular complexity index is 1360. The largest absolute Gasteiger partial charge is 0.447 e. The molecule has 11 nitrogen and oxygen atoms in total. The first kappa shape index (κ1) is 30.6. The van der Waals surface area contributed by atoms with E-state index >= 15 is 0 Å². The Hall–Kier alpha value is -3.91. The van der Waals surface area contributed by atoms with Crippen molar-refractivity contribution in [1.82, 2.24) is 20.7 Å². The highest BCUT2D eigenvalue weighted by molar-refractivity contribution is 6.31. The Balaban J connectivity index is 1.69. The lowest BCUT2D eigenvalue weighted by Gasteiger charge is -2.31. The number of amides is 3. The number of aliphatic hydroxyl groups is 1. The van der Waals surface area contributed by atoms with Gasteiger partial charge in [0.2, 0.25) is 11.8 Å². The number of hydrogen-bond acceptors (Lipinski definition) is 8. The highest BCUT2D eigenvalue weighted by Gasteiger charge is 2.24. The van der Waals surface area contributed by atoms with E-state index < -0.39 is 48.2 Å². The first-order valence-corrected chi connectivity index (χ1v) is 12.6. The van der Waals surface area contributed by atoms with Crippen LogP contribution in [0.15, 0.2) is 48.7 Å². The zero-order chi connectivity index (χ0) is 29.2. The molecule has 40 heavy (non-hydrogen) atoms. The van der Waals surface area contributed by atoms with E-state index in [0.717, 1.165) is 0 Å². The molecule has 1 heterocycles. The van der Waals surface area contributed by atoms with Gasteiger partial charge in [-0.25, -0.2) is 24.0 Å². The number of nitrogens with one attached hydrogen (secondary N) is 3. The Morgan fingerprint density at radius 3 is 2.67 bits per heavy atom. The van der Waals surface area contributed by atoms with Crippen molar-refractivity contribution < 1.29 is 33.0 Å². The van der Waals surface area contributed by atoms with Crippen LogP contribution in [0, 0.1) is 11.6 Å². The van der Waals surface area contributed by atoms with Crippen LogP contribution in [0.2, 0.25) is 5.02 Å². The van der Waals surface area contributed by atoms with Crippen molar-refractivity contribution >= 4 is 46.1 Å². The number of ether oxygens (including phenoxy) is 1. The van der Waals surface area contributed by atoms with E-state index in [9.17, 15) is 23.2 Å². The highest BCUT2D eigenvalue weighted by atomic mass is 35.5. The van der Waals surface area contributed by atoms with Crippen LogP contribution in [0.1, 0.15) is 18.9 Å². The van der Waals surface area contributed by atoms with Gasteiger partial charge in [0.25, 0.3) is 0 Å². The minimum absolute atomic E-state index is 0.0200. The molecule has 6 N–H and O–H groups in total. The summed E-state index contributed by atoms with van der Waals surface area (Å²) in [5.41, 5.74) is 8.76. The van der Waals surface area contributed by atoms with Crippen LogP contribution in [-0.2, 0) is 20.9 Å². The van der Waals surface area contributed by atoms with Gasteiger partial charge in [0.05, 0.1) is 17.7 Å². The molecule has 3 aromatic rings. The average Bonchev–Trinajstić information content (AvgIpc) is 2.92. The molecule has 0 spiro atoms. The molecule has 0 saturated carbocycles. The summed E-state index contributed by atoms with van der Waals surface area (Å²) < 4.78 is 32.8. The molecule has 0 aliphatic rings. The number of nitrogens with zero attached hydrogens (tertiary/aromatic N) is 2. The van der Waals surface area contributed by atoms with Gasteiger partial charge >= 0.3 is 6.09 Å². The van der Waals surface area contributed by atoms with E-state index in [1.807, 2.05) is 0 Å². The molecular weight excluding hydrogens is 550 g/mol. The van der Waals surface area contributed by atoms with Crippen LogP contribution in [-0.4, -0.2) is 64.8 Å². The Morgan fingerprint density at radius 1 is 1.18 bits per heavy atom. The molecule has 3 rings (SSSR count). The number of aromatic nitrogens is 1. The number of fused-ring (bicyclic) bond motifs is 1. The van der Waals surface area contributed by atoms with E-state index in [0.29, 0.717) is 16.3 Å². The third-order valence-electron chi connectivity index (χ3n) is 5.81. The normalized spacial score (nSPS) is 12.4. The molecule has 2 aromatic carbocycles. The van der Waals surface area contributed by atoms with Crippen molar-refractivity contribution in [2.24, 2.45) is 5.73 Å². The smallest absolute Gasteiger partial charge is 0.412 e. The minimum atomic E-state index is -1.12. The van der Waals surface area contributed by atoms with Crippen molar-refractivity contribution in [2.45, 2.75) is 32.0 Å². The van der Waals surface area contributed by atoms with Crippen molar-refractivity contribution in [3.05, 3.63) is 70.9 Å². The van der Waals surface area contributed by atoms with Gasteiger partial charge in [-0.3, -0.25) is 19.9 Å². The number of hydrazine groups is 1. The summed E-state index contributed by atoms with van der Waals surface area (Å²) in [7, 11) is 0. The lowest BCUT2D eigenvalue weighted by molar-refractivity contribution is -0.136. The summed E-state index contributed by atoms with van der Waals surface area (Å²) >= 11 is 6.02. The minimum Gasteiger partial charge on any atom is -0.447 e. The van der Waals surface area contributed by atoms with Crippen LogP contribution >= 0.6 is 11.6 Å². The summed E-state index contributed by atoms with van der Waals surface area (Å²) in [6.45, 7) is 0.388. The van der Waals surface area contributed by atoms with Crippen molar-refractivity contribution in [1.29, 1.82) is 0 Å². The van der Waals surface area contributed by atoms with E-state index in [4.69, 9.17) is 27.2 Å². The molecule has 214 valence electrons. The lowest BCUT2D eigenvalue weighted by Crippen LogP contribution is -2.52. The van der Waals surface area contributed by atoms with Crippen LogP contribution in [0.5, 0.6) is 0 Å². The monoisotopic (exact) mass is 578 g/mol. The molecule has 2 atom stereocenters. The highest BCUT2D eigenvalue weighted by Crippen LogP contribution is 2.20. The molecule has 0 aliphatic heterocycles. The van der Waals surface area contributed by atoms with E-state index in [1.165, 1.54) is 48.5 Å². The standard InChI is InChI=1S/C26H29ClF2N6O5/c1-15(37)35(33-12-17-3-2-4-21(29)24(17)27)20(7-8-31-25(38)22(30)13-36)14-40-26(39)34-23-10-18-9-19(28)6-5-16(18)11-32-23/h2-6,9-11,20,22,33,36H,7-8,12-14,30H2,1H3,(H,31,38)(H,32,34,39)/t20-,22?/m0/s1. The van der Waals surface area contributed by atoms with Gasteiger partial charge < -0.3 is 20.9 Å². The fourth-order valence-electron chi connectivity index (χ4n) is 3.71. The van der Waals surface area contributed by atoms with Crippen LogP contribution in [0.3, 0.4) is 0 Å². The zero-order valence-electron chi connectivity index (χ0n) is 21.5. The number of nitrogens with two attached hydrogens (primary N) is 1. The topological polar surface area (TPSA) is 159 Å². The zero-order valence-corrected chi connectivity index (χ0v) is 22.3. The van der Waals surface area contributed by atoms with Crippen molar-refractivity contribution in [3.8, 4) is 0 Å². The second kappa shape index (κ2) is 14.5. The van der Waals surface area contributed by atoms with E-state index in [2.05, 4.69) is 21.0 Å².